The molecule has 0 aliphatic heterocycles. The van der Waals surface area contributed by atoms with E-state index in [1.165, 1.54) is 6.20 Å². The van der Waals surface area contributed by atoms with Crippen molar-refractivity contribution in [2.45, 2.75) is 6.61 Å². The number of hydrogen-bond donors (Lipinski definition) is 1. The number of amides is 1. The second kappa shape index (κ2) is 5.02. The molecular weight excluding hydrogens is 220 g/mol. The Labute approximate surface area is 97.5 Å². The molecular formula is C11H10N4O2. The zero-order valence-corrected chi connectivity index (χ0v) is 8.91. The number of carbonyl (C=O) groups excluding carboxylic acids is 1. The molecule has 1 amide bonds. The van der Waals surface area contributed by atoms with Gasteiger partial charge in [-0.25, -0.2) is 15.0 Å². The molecule has 2 heterocycles. The van der Waals surface area contributed by atoms with Crippen molar-refractivity contribution in [2.24, 2.45) is 5.73 Å². The Morgan fingerprint density at radius 1 is 1.18 bits per heavy atom. The van der Waals surface area contributed by atoms with Gasteiger partial charge in [0.1, 0.15) is 12.2 Å². The minimum Gasteiger partial charge on any atom is -0.469 e. The van der Waals surface area contributed by atoms with Crippen molar-refractivity contribution < 1.29 is 9.53 Å². The molecule has 17 heavy (non-hydrogen) atoms. The lowest BCUT2D eigenvalue weighted by Crippen LogP contribution is -2.14. The van der Waals surface area contributed by atoms with E-state index < -0.39 is 5.91 Å². The molecule has 0 spiro atoms. The van der Waals surface area contributed by atoms with E-state index in [1.807, 2.05) is 0 Å². The van der Waals surface area contributed by atoms with E-state index in [9.17, 15) is 4.79 Å². The number of pyridine rings is 1. The molecule has 0 radical (unpaired) electrons. The number of carbonyl (C=O) groups is 1. The third-order valence-electron chi connectivity index (χ3n) is 1.99. The molecule has 2 N–H and O–H groups in total. The largest absolute Gasteiger partial charge is 0.469 e. The molecule has 2 aromatic rings. The zero-order chi connectivity index (χ0) is 12.1. The summed E-state index contributed by atoms with van der Waals surface area (Å²) < 4.78 is 5.35. The van der Waals surface area contributed by atoms with Gasteiger partial charge in [-0.05, 0) is 18.2 Å². The summed E-state index contributed by atoms with van der Waals surface area (Å²) in [7, 11) is 0. The standard InChI is InChI=1S/C11H10N4O2/c12-10(16)8-3-1-4-15-11(8)17-7-9-13-5-2-6-14-9/h1-6H,7H2,(H2,12,16). The molecule has 6 heteroatoms. The molecule has 0 aliphatic carbocycles. The first-order valence-electron chi connectivity index (χ1n) is 4.91. The van der Waals surface area contributed by atoms with Gasteiger partial charge in [0.05, 0.1) is 0 Å². The highest BCUT2D eigenvalue weighted by molar-refractivity contribution is 5.94. The van der Waals surface area contributed by atoms with Gasteiger partial charge in [0.2, 0.25) is 5.88 Å². The normalized spacial score (nSPS) is 9.88. The molecule has 0 bridgehead atoms. The summed E-state index contributed by atoms with van der Waals surface area (Å²) in [6, 6.07) is 4.88. The summed E-state index contributed by atoms with van der Waals surface area (Å²) in [6.45, 7) is 0.137. The predicted molar refractivity (Wildman–Crippen MR) is 59.1 cm³/mol. The van der Waals surface area contributed by atoms with Crippen LogP contribution < -0.4 is 10.5 Å². The topological polar surface area (TPSA) is 91.0 Å². The highest BCUT2D eigenvalue weighted by atomic mass is 16.5. The van der Waals surface area contributed by atoms with Crippen LogP contribution in [0.25, 0.3) is 0 Å². The van der Waals surface area contributed by atoms with Crippen molar-refractivity contribution in [3.8, 4) is 5.88 Å². The minimum absolute atomic E-state index is 0.137. The minimum atomic E-state index is -0.581. The Morgan fingerprint density at radius 3 is 2.59 bits per heavy atom. The maximum atomic E-state index is 11.1. The van der Waals surface area contributed by atoms with Crippen molar-refractivity contribution in [3.05, 3.63) is 48.2 Å². The Kier molecular flexibility index (Phi) is 3.25. The van der Waals surface area contributed by atoms with Crippen LogP contribution in [0.3, 0.4) is 0 Å². The molecule has 0 unspecified atom stereocenters. The average molecular weight is 230 g/mol. The summed E-state index contributed by atoms with van der Waals surface area (Å²) in [4.78, 5) is 23.0. The van der Waals surface area contributed by atoms with E-state index in [4.69, 9.17) is 10.5 Å². The van der Waals surface area contributed by atoms with Crippen LogP contribution in [0.2, 0.25) is 0 Å². The van der Waals surface area contributed by atoms with Crippen molar-refractivity contribution >= 4 is 5.91 Å². The highest BCUT2D eigenvalue weighted by Crippen LogP contribution is 2.14. The fourth-order valence-electron chi connectivity index (χ4n) is 1.23. The highest BCUT2D eigenvalue weighted by Gasteiger charge is 2.10. The van der Waals surface area contributed by atoms with Gasteiger partial charge < -0.3 is 10.5 Å². The SMILES string of the molecule is NC(=O)c1cccnc1OCc1ncccn1. The maximum absolute atomic E-state index is 11.1. The van der Waals surface area contributed by atoms with Gasteiger partial charge in [0, 0.05) is 18.6 Å². The van der Waals surface area contributed by atoms with Gasteiger partial charge in [-0.15, -0.1) is 0 Å². The van der Waals surface area contributed by atoms with Gasteiger partial charge in [-0.3, -0.25) is 4.79 Å². The van der Waals surface area contributed by atoms with Crippen LogP contribution in [0.4, 0.5) is 0 Å². The van der Waals surface area contributed by atoms with Crippen molar-refractivity contribution in [1.29, 1.82) is 0 Å². The van der Waals surface area contributed by atoms with Gasteiger partial charge >= 0.3 is 0 Å². The number of primary amides is 1. The fourth-order valence-corrected chi connectivity index (χ4v) is 1.23. The molecule has 86 valence electrons. The van der Waals surface area contributed by atoms with E-state index in [0.29, 0.717) is 5.82 Å². The van der Waals surface area contributed by atoms with E-state index in [1.54, 1.807) is 30.6 Å². The fraction of sp³-hybridized carbons (Fsp3) is 0.0909. The van der Waals surface area contributed by atoms with Crippen LogP contribution >= 0.6 is 0 Å². The van der Waals surface area contributed by atoms with Crippen LogP contribution in [0.1, 0.15) is 16.2 Å². The van der Waals surface area contributed by atoms with Gasteiger partial charge in [-0.1, -0.05) is 0 Å². The van der Waals surface area contributed by atoms with Crippen molar-refractivity contribution in [3.63, 3.8) is 0 Å². The Morgan fingerprint density at radius 2 is 1.88 bits per heavy atom. The number of nitrogens with zero attached hydrogens (tertiary/aromatic N) is 3. The molecule has 6 nitrogen and oxygen atoms in total. The predicted octanol–water partition coefficient (Wildman–Crippen LogP) is 0.550. The summed E-state index contributed by atoms with van der Waals surface area (Å²) in [6.07, 6.45) is 4.74. The number of rotatable bonds is 4. The second-order valence-corrected chi connectivity index (χ2v) is 3.17. The van der Waals surface area contributed by atoms with Crippen molar-refractivity contribution in [2.75, 3.05) is 0 Å². The molecule has 0 aliphatic rings. The quantitative estimate of drug-likeness (QED) is 0.828. The van der Waals surface area contributed by atoms with Gasteiger partial charge in [0.15, 0.2) is 5.82 Å². The molecule has 0 saturated carbocycles. The average Bonchev–Trinajstić information content (AvgIpc) is 2.38. The van der Waals surface area contributed by atoms with Crippen LogP contribution in [0.15, 0.2) is 36.8 Å². The molecule has 0 saturated heterocycles. The third kappa shape index (κ3) is 2.75. The lowest BCUT2D eigenvalue weighted by Gasteiger charge is -2.06. The van der Waals surface area contributed by atoms with Crippen molar-refractivity contribution in [1.82, 2.24) is 15.0 Å². The van der Waals surface area contributed by atoms with E-state index in [-0.39, 0.29) is 18.1 Å². The second-order valence-electron chi connectivity index (χ2n) is 3.17. The number of nitrogens with two attached hydrogens (primary N) is 1. The van der Waals surface area contributed by atoms with Gasteiger partial charge in [0.25, 0.3) is 5.91 Å². The van der Waals surface area contributed by atoms with Crippen LogP contribution in [-0.2, 0) is 6.61 Å². The van der Waals surface area contributed by atoms with Crippen LogP contribution in [0.5, 0.6) is 5.88 Å². The zero-order valence-electron chi connectivity index (χ0n) is 8.91. The van der Waals surface area contributed by atoms with E-state index in [0.717, 1.165) is 0 Å². The molecule has 0 fully saturated rings. The maximum Gasteiger partial charge on any atom is 0.254 e. The summed E-state index contributed by atoms with van der Waals surface area (Å²) in [5.74, 6) is 0.114. The summed E-state index contributed by atoms with van der Waals surface area (Å²) in [5.41, 5.74) is 5.43. The van der Waals surface area contributed by atoms with E-state index >= 15 is 0 Å². The molecule has 0 atom stereocenters. The lowest BCUT2D eigenvalue weighted by molar-refractivity contribution is 0.0994. The number of aromatic nitrogens is 3. The first-order valence-corrected chi connectivity index (χ1v) is 4.91. The number of ether oxygens (including phenoxy) is 1. The van der Waals surface area contributed by atoms with Gasteiger partial charge in [-0.2, -0.15) is 0 Å². The first-order chi connectivity index (χ1) is 8.27. The van der Waals surface area contributed by atoms with Crippen LogP contribution in [-0.4, -0.2) is 20.9 Å². The first kappa shape index (κ1) is 11.0. The van der Waals surface area contributed by atoms with E-state index in [2.05, 4.69) is 15.0 Å². The summed E-state index contributed by atoms with van der Waals surface area (Å²) in [5, 5.41) is 0. The molecule has 0 aromatic carbocycles. The Balaban J connectivity index is 2.12. The Bertz CT molecular complexity index is 516. The molecule has 2 aromatic heterocycles. The Hall–Kier alpha value is -2.50. The smallest absolute Gasteiger partial charge is 0.254 e. The monoisotopic (exact) mass is 230 g/mol. The molecule has 2 rings (SSSR count). The lowest BCUT2D eigenvalue weighted by atomic mass is 10.2. The number of hydrogen-bond acceptors (Lipinski definition) is 5. The third-order valence-corrected chi connectivity index (χ3v) is 1.99. The van der Waals surface area contributed by atoms with Crippen LogP contribution in [0, 0.1) is 0 Å². The summed E-state index contributed by atoms with van der Waals surface area (Å²) >= 11 is 0.